The van der Waals surface area contributed by atoms with Crippen molar-refractivity contribution in [3.8, 4) is 0 Å². The van der Waals surface area contributed by atoms with Crippen LogP contribution in [0.1, 0.15) is 0 Å². The lowest BCUT2D eigenvalue weighted by Gasteiger charge is -2.11. The average molecular weight is 464 g/mol. The smallest absolute Gasteiger partial charge is 0.136 e. The third-order valence-corrected chi connectivity index (χ3v) is 8.68. The molecule has 3 heteroatoms. The van der Waals surface area contributed by atoms with Gasteiger partial charge in [0.05, 0.1) is 11.0 Å². The SMILES string of the molecule is c1ccc2c(c1)cn1c2c2cc3oc4ccccc4c3cc2c2ccc3sc4ccccc4c3c21. The van der Waals surface area contributed by atoms with Crippen molar-refractivity contribution in [3.05, 3.63) is 103 Å². The Labute approximate surface area is 203 Å². The van der Waals surface area contributed by atoms with Crippen LogP contribution in [0, 0.1) is 0 Å². The van der Waals surface area contributed by atoms with Gasteiger partial charge in [-0.3, -0.25) is 0 Å². The predicted octanol–water partition coefficient (Wildman–Crippen LogP) is 9.67. The van der Waals surface area contributed by atoms with Gasteiger partial charge in [-0.05, 0) is 35.7 Å². The fourth-order valence-electron chi connectivity index (χ4n) is 6.07. The number of benzene rings is 5. The maximum Gasteiger partial charge on any atom is 0.136 e. The molecule has 4 heterocycles. The highest BCUT2D eigenvalue weighted by Gasteiger charge is 2.19. The monoisotopic (exact) mass is 463 g/mol. The Hall–Kier alpha value is -4.34. The Morgan fingerprint density at radius 2 is 1.31 bits per heavy atom. The second-order valence-electron chi connectivity index (χ2n) is 9.36. The van der Waals surface area contributed by atoms with E-state index in [1.54, 1.807) is 0 Å². The van der Waals surface area contributed by atoms with Crippen molar-refractivity contribution < 1.29 is 4.42 Å². The molecule has 0 saturated heterocycles. The first kappa shape index (κ1) is 18.0. The molecule has 35 heavy (non-hydrogen) atoms. The van der Waals surface area contributed by atoms with Gasteiger partial charge in [0.25, 0.3) is 0 Å². The number of pyridine rings is 1. The third kappa shape index (κ3) is 2.20. The Kier molecular flexibility index (Phi) is 3.20. The lowest BCUT2D eigenvalue weighted by atomic mass is 9.99. The Balaban J connectivity index is 1.65. The van der Waals surface area contributed by atoms with Crippen LogP contribution < -0.4 is 0 Å². The van der Waals surface area contributed by atoms with E-state index >= 15 is 0 Å². The van der Waals surface area contributed by atoms with Crippen LogP contribution in [0.2, 0.25) is 0 Å². The first-order chi connectivity index (χ1) is 17.3. The second kappa shape index (κ2) is 6.21. The number of thiophene rings is 1. The number of aromatic nitrogens is 1. The molecular formula is C32H17NOS. The molecular weight excluding hydrogens is 446 g/mol. The molecule has 9 rings (SSSR count). The van der Waals surface area contributed by atoms with Crippen LogP contribution in [-0.4, -0.2) is 4.40 Å². The van der Waals surface area contributed by atoms with E-state index in [0.717, 1.165) is 11.2 Å². The van der Waals surface area contributed by atoms with Gasteiger partial charge in [0, 0.05) is 58.7 Å². The fraction of sp³-hybridized carbons (Fsp3) is 0. The summed E-state index contributed by atoms with van der Waals surface area (Å²) >= 11 is 1.87. The molecule has 0 amide bonds. The maximum atomic E-state index is 6.32. The zero-order valence-electron chi connectivity index (χ0n) is 18.6. The Morgan fingerprint density at radius 1 is 0.514 bits per heavy atom. The van der Waals surface area contributed by atoms with Crippen molar-refractivity contribution in [1.82, 2.24) is 4.40 Å². The molecule has 9 aromatic rings. The van der Waals surface area contributed by atoms with E-state index in [2.05, 4.69) is 102 Å². The van der Waals surface area contributed by atoms with Crippen molar-refractivity contribution in [3.63, 3.8) is 0 Å². The van der Waals surface area contributed by atoms with Crippen LogP contribution in [0.15, 0.2) is 108 Å². The highest BCUT2D eigenvalue weighted by molar-refractivity contribution is 7.26. The van der Waals surface area contributed by atoms with Crippen molar-refractivity contribution in [2.45, 2.75) is 0 Å². The van der Waals surface area contributed by atoms with Crippen LogP contribution in [0.25, 0.3) is 80.1 Å². The molecule has 2 nitrogen and oxygen atoms in total. The van der Waals surface area contributed by atoms with Crippen LogP contribution >= 0.6 is 11.3 Å². The molecule has 4 aromatic heterocycles. The summed E-state index contributed by atoms with van der Waals surface area (Å²) in [5.41, 5.74) is 4.40. The van der Waals surface area contributed by atoms with E-state index in [9.17, 15) is 0 Å². The molecule has 5 aromatic carbocycles. The van der Waals surface area contributed by atoms with E-state index < -0.39 is 0 Å². The molecule has 162 valence electrons. The van der Waals surface area contributed by atoms with Crippen LogP contribution in [0.5, 0.6) is 0 Å². The Bertz CT molecular complexity index is 2330. The van der Waals surface area contributed by atoms with E-state index in [0.29, 0.717) is 0 Å². The molecule has 0 aliphatic heterocycles. The van der Waals surface area contributed by atoms with E-state index in [1.807, 2.05) is 17.4 Å². The molecule has 0 radical (unpaired) electrons. The summed E-state index contributed by atoms with van der Waals surface area (Å²) < 4.78 is 11.4. The topological polar surface area (TPSA) is 17.6 Å². The first-order valence-corrected chi connectivity index (χ1v) is 12.7. The van der Waals surface area contributed by atoms with Crippen molar-refractivity contribution >= 4 is 91.4 Å². The number of para-hydroxylation sites is 1. The van der Waals surface area contributed by atoms with Crippen molar-refractivity contribution in [1.29, 1.82) is 0 Å². The van der Waals surface area contributed by atoms with Gasteiger partial charge in [-0.15, -0.1) is 11.3 Å². The van der Waals surface area contributed by atoms with E-state index in [4.69, 9.17) is 4.42 Å². The summed E-state index contributed by atoms with van der Waals surface area (Å²) in [6.45, 7) is 0. The molecule has 0 aliphatic rings. The van der Waals surface area contributed by atoms with Crippen LogP contribution in [0.4, 0.5) is 0 Å². The van der Waals surface area contributed by atoms with Crippen molar-refractivity contribution in [2.75, 3.05) is 0 Å². The number of nitrogens with zero attached hydrogens (tertiary/aromatic N) is 1. The summed E-state index contributed by atoms with van der Waals surface area (Å²) in [4.78, 5) is 0. The molecule has 0 saturated carbocycles. The minimum atomic E-state index is 0.935. The zero-order valence-corrected chi connectivity index (χ0v) is 19.4. The third-order valence-electron chi connectivity index (χ3n) is 7.54. The van der Waals surface area contributed by atoms with Gasteiger partial charge in [0.2, 0.25) is 0 Å². The van der Waals surface area contributed by atoms with Gasteiger partial charge in [0.1, 0.15) is 11.2 Å². The standard InChI is InChI=1S/C32H17NOS/c1-2-8-19-18(7-1)17-33-31(19)25-16-27-24(20-9-3-5-11-26(20)34-27)15-23(25)21-13-14-29-30(32(21)33)22-10-4-6-12-28(22)35-29/h1-17H. The number of hydrogen-bond donors (Lipinski definition) is 0. The van der Waals surface area contributed by atoms with Crippen LogP contribution in [-0.2, 0) is 0 Å². The molecule has 0 fully saturated rings. The highest BCUT2D eigenvalue weighted by Crippen LogP contribution is 2.44. The van der Waals surface area contributed by atoms with E-state index in [-0.39, 0.29) is 0 Å². The number of fused-ring (bicyclic) bond motifs is 15. The summed E-state index contributed by atoms with van der Waals surface area (Å²) in [5.74, 6) is 0. The molecule has 0 unspecified atom stereocenters. The highest BCUT2D eigenvalue weighted by atomic mass is 32.1. The van der Waals surface area contributed by atoms with Crippen molar-refractivity contribution in [2.24, 2.45) is 0 Å². The van der Waals surface area contributed by atoms with Crippen LogP contribution in [0.3, 0.4) is 0 Å². The molecule has 0 spiro atoms. The van der Waals surface area contributed by atoms with Gasteiger partial charge in [-0.2, -0.15) is 0 Å². The first-order valence-electron chi connectivity index (χ1n) is 11.9. The second-order valence-corrected chi connectivity index (χ2v) is 10.4. The quantitative estimate of drug-likeness (QED) is 0.205. The molecule has 0 bridgehead atoms. The lowest BCUT2D eigenvalue weighted by Crippen LogP contribution is -1.91. The largest absolute Gasteiger partial charge is 0.456 e. The minimum Gasteiger partial charge on any atom is -0.456 e. The number of furan rings is 1. The van der Waals surface area contributed by atoms with E-state index in [1.165, 1.54) is 68.9 Å². The summed E-state index contributed by atoms with van der Waals surface area (Å²) in [6.07, 6.45) is 2.31. The zero-order chi connectivity index (χ0) is 22.7. The van der Waals surface area contributed by atoms with Gasteiger partial charge < -0.3 is 8.82 Å². The summed E-state index contributed by atoms with van der Waals surface area (Å²) in [7, 11) is 0. The summed E-state index contributed by atoms with van der Waals surface area (Å²) in [6, 6.07) is 35.1. The fourth-order valence-corrected chi connectivity index (χ4v) is 7.17. The summed E-state index contributed by atoms with van der Waals surface area (Å²) in [5, 5.41) is 11.3. The lowest BCUT2D eigenvalue weighted by molar-refractivity contribution is 0.669. The van der Waals surface area contributed by atoms with Gasteiger partial charge in [-0.1, -0.05) is 66.7 Å². The molecule has 0 N–H and O–H groups in total. The Morgan fingerprint density at radius 3 is 2.26 bits per heavy atom. The normalized spacial score (nSPS) is 12.6. The number of rotatable bonds is 0. The van der Waals surface area contributed by atoms with Gasteiger partial charge >= 0.3 is 0 Å². The number of hydrogen-bond acceptors (Lipinski definition) is 2. The van der Waals surface area contributed by atoms with Gasteiger partial charge in [0.15, 0.2) is 0 Å². The maximum absolute atomic E-state index is 6.32. The predicted molar refractivity (Wildman–Crippen MR) is 150 cm³/mol. The molecule has 0 aliphatic carbocycles. The average Bonchev–Trinajstić information content (AvgIpc) is 3.58. The molecule has 0 atom stereocenters. The van der Waals surface area contributed by atoms with Gasteiger partial charge in [-0.25, -0.2) is 0 Å². The minimum absolute atomic E-state index is 0.935.